The zero-order valence-corrected chi connectivity index (χ0v) is 8.36. The fraction of sp³-hybridized carbons (Fsp3) is 0.333. The number of hydrogen-bond acceptors (Lipinski definition) is 0. The van der Waals surface area contributed by atoms with E-state index in [1.165, 1.54) is 5.57 Å². The highest BCUT2D eigenvalue weighted by Crippen LogP contribution is 2.14. The van der Waals surface area contributed by atoms with Crippen LogP contribution in [-0.2, 0) is 0 Å². The van der Waals surface area contributed by atoms with Crippen LogP contribution in [0.3, 0.4) is 0 Å². The molecule has 0 amide bonds. The van der Waals surface area contributed by atoms with Crippen LogP contribution in [0.5, 0.6) is 0 Å². The number of terminal acetylenes is 1. The maximum atomic E-state index is 5.37. The van der Waals surface area contributed by atoms with Crippen LogP contribution in [0.15, 0.2) is 34.9 Å². The van der Waals surface area contributed by atoms with Gasteiger partial charge in [-0.15, -0.1) is 6.42 Å². The molecule has 0 spiro atoms. The summed E-state index contributed by atoms with van der Waals surface area (Å²) >= 11 is 0. The molecule has 0 fully saturated rings. The van der Waals surface area contributed by atoms with Crippen LogP contribution in [0, 0.1) is 12.3 Å². The Morgan fingerprint density at radius 3 is 2.00 bits per heavy atom. The van der Waals surface area contributed by atoms with Crippen LogP contribution in [0.2, 0.25) is 0 Å². The lowest BCUT2D eigenvalue weighted by atomic mass is 10.0. The van der Waals surface area contributed by atoms with E-state index in [1.807, 2.05) is 33.8 Å². The van der Waals surface area contributed by atoms with Gasteiger partial charge in [-0.3, -0.25) is 0 Å². The van der Waals surface area contributed by atoms with Crippen molar-refractivity contribution in [2.75, 3.05) is 0 Å². The van der Waals surface area contributed by atoms with Crippen molar-refractivity contribution in [3.63, 3.8) is 0 Å². The van der Waals surface area contributed by atoms with E-state index >= 15 is 0 Å². The lowest BCUT2D eigenvalue weighted by molar-refractivity contribution is 1.29. The molecule has 0 atom stereocenters. The number of rotatable bonds is 2. The van der Waals surface area contributed by atoms with Gasteiger partial charge in [0.1, 0.15) is 0 Å². The molecule has 0 radical (unpaired) electrons. The molecule has 0 unspecified atom stereocenters. The van der Waals surface area contributed by atoms with Crippen LogP contribution in [0.4, 0.5) is 0 Å². The van der Waals surface area contributed by atoms with Crippen LogP contribution in [-0.4, -0.2) is 0 Å². The first-order chi connectivity index (χ1) is 5.49. The minimum atomic E-state index is 0.984. The second-order valence-electron chi connectivity index (χ2n) is 3.19. The van der Waals surface area contributed by atoms with Gasteiger partial charge in [0.25, 0.3) is 0 Å². The van der Waals surface area contributed by atoms with Gasteiger partial charge >= 0.3 is 0 Å². The summed E-state index contributed by atoms with van der Waals surface area (Å²) in [7, 11) is 0. The molecule has 0 N–H and O–H groups in total. The first-order valence-electron chi connectivity index (χ1n) is 3.97. The molecule has 0 aromatic rings. The fourth-order valence-corrected chi connectivity index (χ4v) is 1.09. The van der Waals surface area contributed by atoms with Crippen molar-refractivity contribution >= 4 is 0 Å². The summed E-state index contributed by atoms with van der Waals surface area (Å²) < 4.78 is 0. The van der Waals surface area contributed by atoms with Crippen molar-refractivity contribution in [1.29, 1.82) is 0 Å². The molecule has 0 aliphatic heterocycles. The predicted octanol–water partition coefficient (Wildman–Crippen LogP) is 3.48. The third kappa shape index (κ3) is 3.25. The molecule has 64 valence electrons. The Labute approximate surface area is 75.7 Å². The van der Waals surface area contributed by atoms with Crippen LogP contribution in [0.25, 0.3) is 0 Å². The van der Waals surface area contributed by atoms with E-state index < -0.39 is 0 Å². The first kappa shape index (κ1) is 10.8. The van der Waals surface area contributed by atoms with Crippen LogP contribution < -0.4 is 0 Å². The quantitative estimate of drug-likeness (QED) is 0.428. The Morgan fingerprint density at radius 1 is 1.25 bits per heavy atom. The zero-order chi connectivity index (χ0) is 9.72. The molecule has 0 aromatic heterocycles. The summed E-state index contributed by atoms with van der Waals surface area (Å²) in [6, 6.07) is 0. The normalized spacial score (nSPS) is 10.4. The molecule has 0 bridgehead atoms. The molecule has 0 aromatic carbocycles. The molecule has 0 saturated heterocycles. The zero-order valence-electron chi connectivity index (χ0n) is 8.36. The molecule has 0 rings (SSSR count). The SMILES string of the molecule is C#CC(=C(C)C)/C(C)=C\C(=C)C. The van der Waals surface area contributed by atoms with Crippen molar-refractivity contribution in [2.45, 2.75) is 27.7 Å². The van der Waals surface area contributed by atoms with Crippen molar-refractivity contribution in [2.24, 2.45) is 0 Å². The maximum Gasteiger partial charge on any atom is 0.0258 e. The molecule has 0 nitrogen and oxygen atoms in total. The van der Waals surface area contributed by atoms with E-state index in [9.17, 15) is 0 Å². The van der Waals surface area contributed by atoms with Gasteiger partial charge < -0.3 is 0 Å². The summed E-state index contributed by atoms with van der Waals surface area (Å²) in [5, 5.41) is 0. The van der Waals surface area contributed by atoms with Gasteiger partial charge in [0.2, 0.25) is 0 Å². The highest BCUT2D eigenvalue weighted by molar-refractivity contribution is 5.47. The average Bonchev–Trinajstić information content (AvgIpc) is 1.85. The van der Waals surface area contributed by atoms with Crippen LogP contribution in [0.1, 0.15) is 27.7 Å². The molecule has 12 heavy (non-hydrogen) atoms. The van der Waals surface area contributed by atoms with E-state index in [2.05, 4.69) is 12.5 Å². The molecule has 0 saturated carbocycles. The Morgan fingerprint density at radius 2 is 1.75 bits per heavy atom. The van der Waals surface area contributed by atoms with Gasteiger partial charge in [-0.05, 0) is 33.3 Å². The third-order valence-corrected chi connectivity index (χ3v) is 1.50. The van der Waals surface area contributed by atoms with E-state index in [0.29, 0.717) is 0 Å². The lowest BCUT2D eigenvalue weighted by Gasteiger charge is -2.02. The molecule has 0 heterocycles. The van der Waals surface area contributed by atoms with E-state index in [4.69, 9.17) is 6.42 Å². The van der Waals surface area contributed by atoms with Gasteiger partial charge in [-0.25, -0.2) is 0 Å². The summed E-state index contributed by atoms with van der Waals surface area (Å²) in [5.74, 6) is 2.68. The van der Waals surface area contributed by atoms with Crippen molar-refractivity contribution in [1.82, 2.24) is 0 Å². The number of hydrogen-bond donors (Lipinski definition) is 0. The van der Waals surface area contributed by atoms with Gasteiger partial charge in [0.05, 0.1) is 0 Å². The fourth-order valence-electron chi connectivity index (χ4n) is 1.09. The van der Waals surface area contributed by atoms with Crippen molar-refractivity contribution < 1.29 is 0 Å². The molecular weight excluding hydrogens is 144 g/mol. The molecule has 0 heteroatoms. The van der Waals surface area contributed by atoms with E-state index in [1.54, 1.807) is 0 Å². The third-order valence-electron chi connectivity index (χ3n) is 1.50. The maximum absolute atomic E-state index is 5.37. The van der Waals surface area contributed by atoms with Gasteiger partial charge in [0, 0.05) is 5.57 Å². The molecular formula is C12H16. The van der Waals surface area contributed by atoms with Gasteiger partial charge in [-0.1, -0.05) is 29.7 Å². The van der Waals surface area contributed by atoms with Crippen molar-refractivity contribution in [3.05, 3.63) is 34.9 Å². The Balaban J connectivity index is 4.95. The van der Waals surface area contributed by atoms with Gasteiger partial charge in [0.15, 0.2) is 0 Å². The molecule has 0 aliphatic rings. The highest BCUT2D eigenvalue weighted by Gasteiger charge is 1.97. The van der Waals surface area contributed by atoms with Crippen LogP contribution >= 0.6 is 0 Å². The Hall–Kier alpha value is -1.22. The number of allylic oxidation sites excluding steroid dienone is 5. The standard InChI is InChI=1S/C12H16/c1-7-12(10(4)5)11(6)8-9(2)3/h1,8H,2H2,3-6H3/b11-8-. The van der Waals surface area contributed by atoms with Gasteiger partial charge in [-0.2, -0.15) is 0 Å². The minimum absolute atomic E-state index is 0.984. The largest absolute Gasteiger partial charge is 0.115 e. The minimum Gasteiger partial charge on any atom is -0.115 e. The Bertz CT molecular complexity index is 276. The van der Waals surface area contributed by atoms with E-state index in [-0.39, 0.29) is 0 Å². The first-order valence-corrected chi connectivity index (χ1v) is 3.97. The monoisotopic (exact) mass is 160 g/mol. The Kier molecular flexibility index (Phi) is 4.15. The topological polar surface area (TPSA) is 0 Å². The lowest BCUT2D eigenvalue weighted by Crippen LogP contribution is -1.85. The summed E-state index contributed by atoms with van der Waals surface area (Å²) in [5.41, 5.74) is 4.30. The van der Waals surface area contributed by atoms with E-state index in [0.717, 1.165) is 16.7 Å². The second-order valence-corrected chi connectivity index (χ2v) is 3.19. The average molecular weight is 160 g/mol. The summed E-state index contributed by atoms with van der Waals surface area (Å²) in [6.07, 6.45) is 7.37. The second kappa shape index (κ2) is 4.62. The molecule has 0 aliphatic carbocycles. The highest BCUT2D eigenvalue weighted by atomic mass is 14.0. The smallest absolute Gasteiger partial charge is 0.0258 e. The predicted molar refractivity (Wildman–Crippen MR) is 55.8 cm³/mol. The van der Waals surface area contributed by atoms with Crippen molar-refractivity contribution in [3.8, 4) is 12.3 Å². The summed E-state index contributed by atoms with van der Waals surface area (Å²) in [6.45, 7) is 11.8. The summed E-state index contributed by atoms with van der Waals surface area (Å²) in [4.78, 5) is 0.